The Balaban J connectivity index is 1.74. The van der Waals surface area contributed by atoms with Gasteiger partial charge in [-0.2, -0.15) is 5.10 Å². The third-order valence-corrected chi connectivity index (χ3v) is 5.05. The molecule has 162 valence electrons. The van der Waals surface area contributed by atoms with Crippen LogP contribution in [0.2, 0.25) is 0 Å². The van der Waals surface area contributed by atoms with E-state index in [1.807, 2.05) is 30.3 Å². The highest BCUT2D eigenvalue weighted by molar-refractivity contribution is 6.01. The second-order valence-electron chi connectivity index (χ2n) is 6.95. The number of nitrogens with two attached hydrogens (primary N) is 1. The molecule has 0 fully saturated rings. The number of phenols is 1. The van der Waals surface area contributed by atoms with Crippen molar-refractivity contribution < 1.29 is 14.6 Å². The summed E-state index contributed by atoms with van der Waals surface area (Å²) < 4.78 is 6.80. The number of nitrogens with zero attached hydrogens (tertiary/aromatic N) is 5. The molecule has 0 saturated heterocycles. The van der Waals surface area contributed by atoms with Crippen LogP contribution >= 0.6 is 0 Å². The van der Waals surface area contributed by atoms with E-state index in [2.05, 4.69) is 21.6 Å². The quantitative estimate of drug-likeness (QED) is 0.433. The van der Waals surface area contributed by atoms with Crippen LogP contribution in [-0.4, -0.2) is 44.4 Å². The monoisotopic (exact) mass is 430 g/mol. The Bertz CT molecular complexity index is 1290. The lowest BCUT2D eigenvalue weighted by molar-refractivity contribution is -0.114. The lowest BCUT2D eigenvalue weighted by Crippen LogP contribution is -2.32. The lowest BCUT2D eigenvalue weighted by Gasteiger charge is -2.21. The molecular formula is C23H22N6O3. The first-order valence-corrected chi connectivity index (χ1v) is 9.86. The Morgan fingerprint density at radius 3 is 2.72 bits per heavy atom. The predicted molar refractivity (Wildman–Crippen MR) is 122 cm³/mol. The number of aromatic nitrogens is 4. The third-order valence-electron chi connectivity index (χ3n) is 5.05. The molecule has 0 radical (unpaired) electrons. The number of hydrogen-bond donors (Lipinski definition) is 2. The van der Waals surface area contributed by atoms with Crippen LogP contribution in [0, 0.1) is 0 Å². The minimum absolute atomic E-state index is 0.0186. The maximum Gasteiger partial charge on any atom is 0.250 e. The van der Waals surface area contributed by atoms with Crippen LogP contribution in [0.4, 0.5) is 11.5 Å². The van der Waals surface area contributed by atoms with E-state index in [9.17, 15) is 9.90 Å². The van der Waals surface area contributed by atoms with Crippen LogP contribution < -0.4 is 15.4 Å². The Morgan fingerprint density at radius 1 is 1.25 bits per heavy atom. The van der Waals surface area contributed by atoms with Crippen molar-refractivity contribution in [2.24, 2.45) is 0 Å². The number of rotatable bonds is 7. The van der Waals surface area contributed by atoms with Gasteiger partial charge in [0.2, 0.25) is 5.91 Å². The molecule has 4 aromatic rings. The number of phenolic OH excluding ortho intramolecular Hbond substituents is 1. The summed E-state index contributed by atoms with van der Waals surface area (Å²) in [5.74, 6) is 0.383. The largest absolute Gasteiger partial charge is 0.504 e. The molecule has 32 heavy (non-hydrogen) atoms. The van der Waals surface area contributed by atoms with E-state index in [0.29, 0.717) is 41.1 Å². The predicted octanol–water partition coefficient (Wildman–Crippen LogP) is 3.01. The number of carbonyl (C=O) groups is 1. The summed E-state index contributed by atoms with van der Waals surface area (Å²) in [7, 11) is 1.48. The average molecular weight is 430 g/mol. The number of benzene rings is 2. The minimum atomic E-state index is -0.220. The number of methoxy groups -OCH3 is 1. The van der Waals surface area contributed by atoms with Gasteiger partial charge >= 0.3 is 0 Å². The standard InChI is InChI=1S/C23H22N6O3/c1-3-19(31)28(16-7-5-4-6-8-16)11-12-29-23-20(22(24)25-14-26-23)21(27-29)15-9-10-18(32-2)17(30)13-15/h3-10,13-14,30H,1,11-12H2,2H3,(H2,24,25,26). The molecule has 3 N–H and O–H groups in total. The van der Waals surface area contributed by atoms with E-state index in [1.54, 1.807) is 27.8 Å². The van der Waals surface area contributed by atoms with Crippen molar-refractivity contribution >= 4 is 28.4 Å². The van der Waals surface area contributed by atoms with Gasteiger partial charge < -0.3 is 20.5 Å². The van der Waals surface area contributed by atoms with Crippen molar-refractivity contribution in [1.29, 1.82) is 0 Å². The highest BCUT2D eigenvalue weighted by Gasteiger charge is 2.20. The van der Waals surface area contributed by atoms with Crippen LogP contribution in [0.25, 0.3) is 22.3 Å². The van der Waals surface area contributed by atoms with Crippen molar-refractivity contribution in [1.82, 2.24) is 19.7 Å². The molecule has 0 aliphatic heterocycles. The molecule has 0 aliphatic carbocycles. The SMILES string of the molecule is C=CC(=O)N(CCn1nc(-c2ccc(OC)c(O)c2)c2c(N)ncnc21)c1ccccc1. The second kappa shape index (κ2) is 8.76. The van der Waals surface area contributed by atoms with Gasteiger partial charge in [0.05, 0.1) is 19.0 Å². The Hall–Kier alpha value is -4.40. The summed E-state index contributed by atoms with van der Waals surface area (Å²) in [5.41, 5.74) is 8.59. The third kappa shape index (κ3) is 3.83. The van der Waals surface area contributed by atoms with E-state index in [1.165, 1.54) is 19.5 Å². The number of amides is 1. The highest BCUT2D eigenvalue weighted by atomic mass is 16.5. The molecule has 2 aromatic heterocycles. The van der Waals surface area contributed by atoms with E-state index in [-0.39, 0.29) is 17.5 Å². The van der Waals surface area contributed by atoms with Gasteiger partial charge in [-0.25, -0.2) is 14.6 Å². The Kier molecular flexibility index (Phi) is 5.71. The molecule has 4 rings (SSSR count). The number of nitrogen functional groups attached to an aromatic ring is 1. The molecule has 2 heterocycles. The normalized spacial score (nSPS) is 10.8. The van der Waals surface area contributed by atoms with Crippen molar-refractivity contribution in [2.75, 3.05) is 24.3 Å². The van der Waals surface area contributed by atoms with Gasteiger partial charge in [0.15, 0.2) is 17.1 Å². The van der Waals surface area contributed by atoms with Gasteiger partial charge in [0, 0.05) is 17.8 Å². The average Bonchev–Trinajstić information content (AvgIpc) is 3.19. The first-order chi connectivity index (χ1) is 15.5. The maximum absolute atomic E-state index is 12.5. The second-order valence-corrected chi connectivity index (χ2v) is 6.95. The van der Waals surface area contributed by atoms with Crippen LogP contribution in [0.5, 0.6) is 11.5 Å². The molecule has 0 spiro atoms. The lowest BCUT2D eigenvalue weighted by atomic mass is 10.1. The van der Waals surface area contributed by atoms with Crippen molar-refractivity contribution in [3.8, 4) is 22.8 Å². The van der Waals surface area contributed by atoms with Gasteiger partial charge in [-0.15, -0.1) is 0 Å². The van der Waals surface area contributed by atoms with Gasteiger partial charge in [-0.3, -0.25) is 4.79 Å². The Morgan fingerprint density at radius 2 is 2.03 bits per heavy atom. The maximum atomic E-state index is 12.5. The summed E-state index contributed by atoms with van der Waals surface area (Å²) in [4.78, 5) is 22.5. The molecule has 0 bridgehead atoms. The topological polar surface area (TPSA) is 119 Å². The highest BCUT2D eigenvalue weighted by Crippen LogP contribution is 2.35. The molecule has 0 aliphatic rings. The summed E-state index contributed by atoms with van der Waals surface area (Å²) in [6, 6.07) is 14.3. The fourth-order valence-electron chi connectivity index (χ4n) is 3.51. The van der Waals surface area contributed by atoms with E-state index in [4.69, 9.17) is 10.5 Å². The molecule has 0 atom stereocenters. The molecule has 9 nitrogen and oxygen atoms in total. The fraction of sp³-hybridized carbons (Fsp3) is 0.130. The molecule has 9 heteroatoms. The zero-order valence-corrected chi connectivity index (χ0v) is 17.5. The minimum Gasteiger partial charge on any atom is -0.504 e. The smallest absolute Gasteiger partial charge is 0.250 e. The van der Waals surface area contributed by atoms with Crippen molar-refractivity contribution in [3.63, 3.8) is 0 Å². The number of hydrogen-bond acceptors (Lipinski definition) is 7. The Labute approximate surface area is 184 Å². The van der Waals surface area contributed by atoms with Crippen molar-refractivity contribution in [3.05, 3.63) is 67.5 Å². The molecule has 2 aromatic carbocycles. The van der Waals surface area contributed by atoms with Crippen LogP contribution in [0.1, 0.15) is 0 Å². The number of fused-ring (bicyclic) bond motifs is 1. The summed E-state index contributed by atoms with van der Waals surface area (Å²) in [6.45, 7) is 4.29. The van der Waals surface area contributed by atoms with Gasteiger partial charge in [0.25, 0.3) is 0 Å². The van der Waals surface area contributed by atoms with Crippen LogP contribution in [0.15, 0.2) is 67.5 Å². The summed E-state index contributed by atoms with van der Waals surface area (Å²) >= 11 is 0. The van der Waals surface area contributed by atoms with Gasteiger partial charge in [-0.05, 0) is 36.4 Å². The fourth-order valence-corrected chi connectivity index (χ4v) is 3.51. The molecule has 0 saturated carbocycles. The van der Waals surface area contributed by atoms with Crippen LogP contribution in [-0.2, 0) is 11.3 Å². The van der Waals surface area contributed by atoms with Crippen molar-refractivity contribution in [2.45, 2.75) is 6.54 Å². The van der Waals surface area contributed by atoms with Gasteiger partial charge in [-0.1, -0.05) is 24.8 Å². The van der Waals surface area contributed by atoms with E-state index >= 15 is 0 Å². The summed E-state index contributed by atoms with van der Waals surface area (Å²) in [5, 5.41) is 15.5. The van der Waals surface area contributed by atoms with Crippen LogP contribution in [0.3, 0.4) is 0 Å². The zero-order valence-electron chi connectivity index (χ0n) is 17.5. The molecule has 1 amide bonds. The summed E-state index contributed by atoms with van der Waals surface area (Å²) in [6.07, 6.45) is 2.65. The number of aromatic hydroxyl groups is 1. The van der Waals surface area contributed by atoms with Gasteiger partial charge in [0.1, 0.15) is 17.8 Å². The first kappa shape index (κ1) is 20.9. The number of para-hydroxylation sites is 1. The molecule has 0 unspecified atom stereocenters. The van der Waals surface area contributed by atoms with E-state index in [0.717, 1.165) is 5.69 Å². The van der Waals surface area contributed by atoms with E-state index < -0.39 is 0 Å². The molecular weight excluding hydrogens is 408 g/mol. The number of ether oxygens (including phenoxy) is 1. The zero-order chi connectivity index (χ0) is 22.7. The number of anilines is 2. The first-order valence-electron chi connectivity index (χ1n) is 9.86. The number of carbonyl (C=O) groups excluding carboxylic acids is 1.